The van der Waals surface area contributed by atoms with E-state index >= 15 is 0 Å². The molecule has 0 radical (unpaired) electrons. The molecule has 1 aliphatic carbocycles. The van der Waals surface area contributed by atoms with Gasteiger partial charge in [-0.1, -0.05) is 13.8 Å². The molecule has 0 aromatic heterocycles. The fourth-order valence-electron chi connectivity index (χ4n) is 2.15. The summed E-state index contributed by atoms with van der Waals surface area (Å²) in [4.78, 5) is 2.26. The number of likely N-dealkylation sites (N-methyl/N-ethyl adjacent to an activating group) is 1. The molecule has 3 heteroatoms. The molecule has 0 bridgehead atoms. The normalized spacial score (nSPS) is 34.4. The van der Waals surface area contributed by atoms with Crippen molar-refractivity contribution in [3.05, 3.63) is 0 Å². The smallest absolute Gasteiger partial charge is 0.0789 e. The van der Waals surface area contributed by atoms with Crippen LogP contribution in [-0.4, -0.2) is 41.3 Å². The molecular formula is C10H22N2O. The van der Waals surface area contributed by atoms with Gasteiger partial charge in [-0.05, 0) is 32.4 Å². The van der Waals surface area contributed by atoms with E-state index in [4.69, 9.17) is 5.73 Å². The van der Waals surface area contributed by atoms with Gasteiger partial charge in [0.25, 0.3) is 0 Å². The Morgan fingerprint density at radius 1 is 1.46 bits per heavy atom. The second kappa shape index (κ2) is 4.40. The lowest BCUT2D eigenvalue weighted by atomic mass is 10.0. The zero-order valence-electron chi connectivity index (χ0n) is 8.79. The zero-order chi connectivity index (χ0) is 9.90. The van der Waals surface area contributed by atoms with Crippen molar-refractivity contribution in [2.75, 3.05) is 19.6 Å². The zero-order valence-corrected chi connectivity index (χ0v) is 8.79. The van der Waals surface area contributed by atoms with Gasteiger partial charge in [-0.3, -0.25) is 0 Å². The second-order valence-electron chi connectivity index (χ2n) is 4.19. The van der Waals surface area contributed by atoms with Gasteiger partial charge in [-0.15, -0.1) is 0 Å². The molecule has 13 heavy (non-hydrogen) atoms. The van der Waals surface area contributed by atoms with Crippen LogP contribution in [0.25, 0.3) is 0 Å². The highest BCUT2D eigenvalue weighted by molar-refractivity contribution is 4.93. The molecule has 1 aliphatic rings. The van der Waals surface area contributed by atoms with Crippen LogP contribution in [0.15, 0.2) is 0 Å². The first kappa shape index (κ1) is 11.0. The summed E-state index contributed by atoms with van der Waals surface area (Å²) in [5.74, 6) is 0. The van der Waals surface area contributed by atoms with E-state index in [-0.39, 0.29) is 6.04 Å². The Morgan fingerprint density at radius 2 is 2.08 bits per heavy atom. The summed E-state index contributed by atoms with van der Waals surface area (Å²) in [5, 5.41) is 10.2. The van der Waals surface area contributed by atoms with Crippen LogP contribution in [0.5, 0.6) is 0 Å². The third-order valence-corrected chi connectivity index (χ3v) is 3.03. The van der Waals surface area contributed by atoms with Crippen molar-refractivity contribution in [2.45, 2.75) is 44.8 Å². The lowest BCUT2D eigenvalue weighted by molar-refractivity contribution is 0.0111. The van der Waals surface area contributed by atoms with Crippen LogP contribution < -0.4 is 5.73 Å². The number of hydrogen-bond donors (Lipinski definition) is 2. The summed E-state index contributed by atoms with van der Waals surface area (Å²) in [5.41, 5.74) is 5.28. The van der Waals surface area contributed by atoms with Gasteiger partial charge in [0.1, 0.15) is 0 Å². The first-order valence-electron chi connectivity index (χ1n) is 5.30. The van der Waals surface area contributed by atoms with E-state index in [1.165, 1.54) is 0 Å². The number of hydrogen-bond acceptors (Lipinski definition) is 3. The van der Waals surface area contributed by atoms with Crippen LogP contribution in [0, 0.1) is 0 Å². The van der Waals surface area contributed by atoms with E-state index in [0.29, 0.717) is 0 Å². The van der Waals surface area contributed by atoms with Crippen molar-refractivity contribution >= 4 is 0 Å². The Kier molecular flexibility index (Phi) is 3.71. The molecule has 0 saturated heterocycles. The molecule has 0 aromatic rings. The molecule has 78 valence electrons. The van der Waals surface area contributed by atoms with Crippen molar-refractivity contribution in [1.29, 1.82) is 0 Å². The maximum absolute atomic E-state index is 10.2. The molecule has 0 amide bonds. The van der Waals surface area contributed by atoms with Gasteiger partial charge < -0.3 is 15.7 Å². The van der Waals surface area contributed by atoms with Gasteiger partial charge in [0.15, 0.2) is 0 Å². The molecule has 2 unspecified atom stereocenters. The summed E-state index contributed by atoms with van der Waals surface area (Å²) in [7, 11) is 0. The molecule has 0 aromatic carbocycles. The Morgan fingerprint density at radius 3 is 2.46 bits per heavy atom. The summed E-state index contributed by atoms with van der Waals surface area (Å²) in [6, 6.07) is 0.209. The summed E-state index contributed by atoms with van der Waals surface area (Å²) >= 11 is 0. The second-order valence-corrected chi connectivity index (χ2v) is 4.19. The summed E-state index contributed by atoms with van der Waals surface area (Å²) < 4.78 is 0. The third-order valence-electron chi connectivity index (χ3n) is 3.03. The van der Waals surface area contributed by atoms with Crippen LogP contribution in [0.4, 0.5) is 0 Å². The topological polar surface area (TPSA) is 49.5 Å². The number of aliphatic hydroxyl groups is 1. The molecule has 1 rings (SSSR count). The fourth-order valence-corrected chi connectivity index (χ4v) is 2.15. The maximum Gasteiger partial charge on any atom is 0.0789 e. The average Bonchev–Trinajstić information content (AvgIpc) is 2.43. The minimum absolute atomic E-state index is 0.209. The molecule has 1 saturated carbocycles. The molecule has 3 nitrogen and oxygen atoms in total. The molecule has 1 fully saturated rings. The predicted molar refractivity (Wildman–Crippen MR) is 54.6 cm³/mol. The summed E-state index contributed by atoms with van der Waals surface area (Å²) in [6.45, 7) is 7.05. The van der Waals surface area contributed by atoms with E-state index in [1.807, 2.05) is 0 Å². The van der Waals surface area contributed by atoms with Crippen LogP contribution in [0.2, 0.25) is 0 Å². The molecule has 2 atom stereocenters. The quantitative estimate of drug-likeness (QED) is 0.675. The molecule has 0 heterocycles. The van der Waals surface area contributed by atoms with Crippen LogP contribution in [0.1, 0.15) is 33.1 Å². The SMILES string of the molecule is CCN(CC)CC1(O)CCC(N)C1. The molecule has 0 spiro atoms. The first-order valence-corrected chi connectivity index (χ1v) is 5.30. The van der Waals surface area contributed by atoms with Crippen molar-refractivity contribution in [1.82, 2.24) is 4.90 Å². The Balaban J connectivity index is 2.42. The van der Waals surface area contributed by atoms with Crippen LogP contribution in [0.3, 0.4) is 0 Å². The minimum atomic E-state index is -0.508. The van der Waals surface area contributed by atoms with E-state index in [0.717, 1.165) is 38.9 Å². The highest BCUT2D eigenvalue weighted by atomic mass is 16.3. The lowest BCUT2D eigenvalue weighted by Gasteiger charge is -2.29. The highest BCUT2D eigenvalue weighted by Gasteiger charge is 2.36. The van der Waals surface area contributed by atoms with E-state index < -0.39 is 5.60 Å². The number of nitrogens with two attached hydrogens (primary N) is 1. The monoisotopic (exact) mass is 186 g/mol. The molecule has 3 N–H and O–H groups in total. The summed E-state index contributed by atoms with van der Waals surface area (Å²) in [6.07, 6.45) is 2.60. The highest BCUT2D eigenvalue weighted by Crippen LogP contribution is 2.29. The van der Waals surface area contributed by atoms with E-state index in [1.54, 1.807) is 0 Å². The Hall–Kier alpha value is -0.120. The van der Waals surface area contributed by atoms with Gasteiger partial charge in [0, 0.05) is 12.6 Å². The Labute approximate surface area is 80.9 Å². The Bertz CT molecular complexity index is 159. The van der Waals surface area contributed by atoms with Crippen molar-refractivity contribution in [3.8, 4) is 0 Å². The minimum Gasteiger partial charge on any atom is -0.388 e. The van der Waals surface area contributed by atoms with Crippen molar-refractivity contribution in [3.63, 3.8) is 0 Å². The molecular weight excluding hydrogens is 164 g/mol. The van der Waals surface area contributed by atoms with Crippen molar-refractivity contribution in [2.24, 2.45) is 5.73 Å². The van der Waals surface area contributed by atoms with Gasteiger partial charge in [0.2, 0.25) is 0 Å². The van der Waals surface area contributed by atoms with Gasteiger partial charge >= 0.3 is 0 Å². The number of nitrogens with zero attached hydrogens (tertiary/aromatic N) is 1. The van der Waals surface area contributed by atoms with Gasteiger partial charge in [0.05, 0.1) is 5.60 Å². The standard InChI is InChI=1S/C10H22N2O/c1-3-12(4-2)8-10(13)6-5-9(11)7-10/h9,13H,3-8,11H2,1-2H3. The average molecular weight is 186 g/mol. The maximum atomic E-state index is 10.2. The predicted octanol–water partition coefficient (Wildman–Crippen LogP) is 0.570. The number of rotatable bonds is 4. The van der Waals surface area contributed by atoms with Crippen LogP contribution >= 0.6 is 0 Å². The third kappa shape index (κ3) is 2.93. The lowest BCUT2D eigenvalue weighted by Crippen LogP contribution is -2.42. The van der Waals surface area contributed by atoms with Gasteiger partial charge in [-0.2, -0.15) is 0 Å². The van der Waals surface area contributed by atoms with Crippen LogP contribution in [-0.2, 0) is 0 Å². The largest absolute Gasteiger partial charge is 0.388 e. The van der Waals surface area contributed by atoms with E-state index in [2.05, 4.69) is 18.7 Å². The van der Waals surface area contributed by atoms with E-state index in [9.17, 15) is 5.11 Å². The van der Waals surface area contributed by atoms with Crippen molar-refractivity contribution < 1.29 is 5.11 Å². The first-order chi connectivity index (χ1) is 6.09. The van der Waals surface area contributed by atoms with Gasteiger partial charge in [-0.25, -0.2) is 0 Å². The fraction of sp³-hybridized carbons (Fsp3) is 1.00. The molecule has 0 aliphatic heterocycles.